The Hall–Kier alpha value is -6.96. The van der Waals surface area contributed by atoms with Crippen LogP contribution >= 0.6 is 0 Å². The van der Waals surface area contributed by atoms with Gasteiger partial charge in [-0.15, -0.1) is 0 Å². The zero-order valence-corrected chi connectivity index (χ0v) is 31.2. The third kappa shape index (κ3) is 4.26. The summed E-state index contributed by atoms with van der Waals surface area (Å²) in [5, 5.41) is 12.3. The van der Waals surface area contributed by atoms with Crippen LogP contribution in [0.1, 0.15) is 25.0 Å². The number of hydrogen-bond donors (Lipinski definition) is 0. The summed E-state index contributed by atoms with van der Waals surface area (Å²) in [5.41, 5.74) is 14.5. The van der Waals surface area contributed by atoms with Crippen LogP contribution in [0.4, 0.5) is 0 Å². The fourth-order valence-electron chi connectivity index (χ4n) is 10.1. The summed E-state index contributed by atoms with van der Waals surface area (Å²) in [6, 6.07) is 67.1. The molecule has 0 atom stereocenters. The lowest BCUT2D eigenvalue weighted by molar-refractivity contribution is 0.621. The summed E-state index contributed by atoms with van der Waals surface area (Å²) < 4.78 is 6.90. The molecule has 262 valence electrons. The maximum absolute atomic E-state index is 6.90. The summed E-state index contributed by atoms with van der Waals surface area (Å²) in [5.74, 6) is 0. The van der Waals surface area contributed by atoms with Gasteiger partial charge in [-0.3, -0.25) is 0 Å². The van der Waals surface area contributed by atoms with Crippen molar-refractivity contribution < 1.29 is 4.42 Å². The Morgan fingerprint density at radius 1 is 0.339 bits per heavy atom. The Balaban J connectivity index is 1.06. The van der Waals surface area contributed by atoms with Gasteiger partial charge in [-0.05, 0) is 106 Å². The van der Waals surface area contributed by atoms with E-state index in [1.165, 1.54) is 104 Å². The first-order valence-electron chi connectivity index (χ1n) is 19.6. The quantitative estimate of drug-likeness (QED) is 0.166. The van der Waals surface area contributed by atoms with Gasteiger partial charge in [0.15, 0.2) is 0 Å². The van der Waals surface area contributed by atoms with Crippen molar-refractivity contribution in [3.63, 3.8) is 0 Å². The van der Waals surface area contributed by atoms with Crippen LogP contribution in [-0.2, 0) is 5.41 Å². The van der Waals surface area contributed by atoms with Gasteiger partial charge in [0.1, 0.15) is 11.2 Å². The minimum atomic E-state index is -0.216. The summed E-state index contributed by atoms with van der Waals surface area (Å²) in [7, 11) is 0. The van der Waals surface area contributed by atoms with Crippen LogP contribution in [-0.4, -0.2) is 0 Å². The first-order valence-corrected chi connectivity index (χ1v) is 19.6. The maximum atomic E-state index is 6.90. The molecule has 0 fully saturated rings. The highest BCUT2D eigenvalue weighted by molar-refractivity contribution is 6.24. The van der Waals surface area contributed by atoms with E-state index in [2.05, 4.69) is 196 Å². The van der Waals surface area contributed by atoms with Crippen LogP contribution in [0.3, 0.4) is 0 Å². The van der Waals surface area contributed by atoms with Crippen LogP contribution in [0.15, 0.2) is 186 Å². The molecule has 1 aliphatic carbocycles. The SMILES string of the molecule is CC1(C)c2ccc(-c3ccc(-c4c5ccccc5c(-c5ccccc5)c5ccccc45)c4ccccc34)cc2-c2ccc3c(oc4c5ccccc5ccc34)c21. The van der Waals surface area contributed by atoms with E-state index in [4.69, 9.17) is 4.42 Å². The smallest absolute Gasteiger partial charge is 0.143 e. The molecular formula is C55H36O. The van der Waals surface area contributed by atoms with Gasteiger partial charge in [-0.1, -0.05) is 178 Å². The average Bonchev–Trinajstić information content (AvgIpc) is 3.74. The highest BCUT2D eigenvalue weighted by atomic mass is 16.3. The summed E-state index contributed by atoms with van der Waals surface area (Å²) in [6.07, 6.45) is 0. The molecule has 0 unspecified atom stereocenters. The van der Waals surface area contributed by atoms with Gasteiger partial charge in [0.2, 0.25) is 0 Å². The lowest BCUT2D eigenvalue weighted by atomic mass is 9.81. The zero-order chi connectivity index (χ0) is 37.1. The molecule has 1 nitrogen and oxygen atoms in total. The van der Waals surface area contributed by atoms with Crippen molar-refractivity contribution in [3.8, 4) is 44.5 Å². The Kier molecular flexibility index (Phi) is 6.46. The van der Waals surface area contributed by atoms with Crippen molar-refractivity contribution in [2.75, 3.05) is 0 Å². The van der Waals surface area contributed by atoms with Gasteiger partial charge in [0.25, 0.3) is 0 Å². The molecule has 0 saturated heterocycles. The molecule has 0 spiro atoms. The van der Waals surface area contributed by atoms with Crippen LogP contribution in [0.25, 0.3) is 110 Å². The van der Waals surface area contributed by atoms with E-state index < -0.39 is 0 Å². The van der Waals surface area contributed by atoms with Crippen LogP contribution in [0.5, 0.6) is 0 Å². The molecule has 0 amide bonds. The normalized spacial score (nSPS) is 13.3. The summed E-state index contributed by atoms with van der Waals surface area (Å²) >= 11 is 0. The number of fused-ring (bicyclic) bond motifs is 12. The molecule has 12 rings (SSSR count). The van der Waals surface area contributed by atoms with Crippen LogP contribution in [0, 0.1) is 0 Å². The lowest BCUT2D eigenvalue weighted by Crippen LogP contribution is -2.15. The highest BCUT2D eigenvalue weighted by Crippen LogP contribution is 2.54. The molecule has 56 heavy (non-hydrogen) atoms. The van der Waals surface area contributed by atoms with Crippen molar-refractivity contribution in [2.45, 2.75) is 19.3 Å². The molecule has 0 radical (unpaired) electrons. The Labute approximate surface area is 325 Å². The number of benzene rings is 10. The van der Waals surface area contributed by atoms with Gasteiger partial charge in [-0.25, -0.2) is 0 Å². The summed E-state index contributed by atoms with van der Waals surface area (Å²) in [6.45, 7) is 4.70. The molecule has 0 saturated carbocycles. The van der Waals surface area contributed by atoms with Crippen molar-refractivity contribution in [2.24, 2.45) is 0 Å². The predicted octanol–water partition coefficient (Wildman–Crippen LogP) is 15.5. The molecule has 10 aromatic carbocycles. The van der Waals surface area contributed by atoms with Gasteiger partial charge >= 0.3 is 0 Å². The topological polar surface area (TPSA) is 13.1 Å². The monoisotopic (exact) mass is 712 g/mol. The van der Waals surface area contributed by atoms with Gasteiger partial charge < -0.3 is 4.42 Å². The second-order valence-electron chi connectivity index (χ2n) is 15.9. The molecule has 0 bridgehead atoms. The van der Waals surface area contributed by atoms with E-state index in [1.54, 1.807) is 0 Å². The van der Waals surface area contributed by atoms with Gasteiger partial charge in [0.05, 0.1) is 0 Å². The second kappa shape index (κ2) is 11.5. The first-order chi connectivity index (χ1) is 27.6. The molecule has 1 aromatic heterocycles. The van der Waals surface area contributed by atoms with E-state index in [1.807, 2.05) is 0 Å². The molecule has 1 aliphatic rings. The van der Waals surface area contributed by atoms with E-state index in [0.717, 1.165) is 16.6 Å². The van der Waals surface area contributed by atoms with E-state index >= 15 is 0 Å². The standard InChI is InChI=1S/C55H36O/c1-55(2)49-31-25-35(32-48(49)45-29-30-47-46-26-24-33-14-6-7-17-37(33)53(46)56-54(47)52(45)55)36-27-28-44(39-19-9-8-18-38(36)39)51-42-22-12-10-20-40(42)50(34-15-4-3-5-16-34)41-21-11-13-23-43(41)51/h3-32H,1-2H3. The molecule has 1 heteroatoms. The van der Waals surface area contributed by atoms with Crippen molar-refractivity contribution >= 4 is 65.0 Å². The predicted molar refractivity (Wildman–Crippen MR) is 238 cm³/mol. The van der Waals surface area contributed by atoms with Gasteiger partial charge in [0, 0.05) is 27.1 Å². The van der Waals surface area contributed by atoms with Crippen molar-refractivity contribution in [1.29, 1.82) is 0 Å². The van der Waals surface area contributed by atoms with Crippen LogP contribution in [0.2, 0.25) is 0 Å². The zero-order valence-electron chi connectivity index (χ0n) is 31.2. The van der Waals surface area contributed by atoms with Crippen LogP contribution < -0.4 is 0 Å². The van der Waals surface area contributed by atoms with E-state index in [0.29, 0.717) is 0 Å². The Morgan fingerprint density at radius 2 is 0.875 bits per heavy atom. The first kappa shape index (κ1) is 31.4. The molecule has 0 aliphatic heterocycles. The van der Waals surface area contributed by atoms with E-state index in [-0.39, 0.29) is 5.41 Å². The number of furan rings is 1. The molecular weight excluding hydrogens is 677 g/mol. The Bertz CT molecular complexity index is 3380. The highest BCUT2D eigenvalue weighted by Gasteiger charge is 2.39. The molecule has 11 aromatic rings. The fraction of sp³-hybridized carbons (Fsp3) is 0.0545. The minimum absolute atomic E-state index is 0.216. The van der Waals surface area contributed by atoms with E-state index in [9.17, 15) is 0 Å². The third-order valence-corrected chi connectivity index (χ3v) is 12.6. The lowest BCUT2D eigenvalue weighted by Gasteiger charge is -2.22. The Morgan fingerprint density at radius 3 is 1.59 bits per heavy atom. The third-order valence-electron chi connectivity index (χ3n) is 12.6. The molecule has 1 heterocycles. The summed E-state index contributed by atoms with van der Waals surface area (Å²) in [4.78, 5) is 0. The van der Waals surface area contributed by atoms with Crippen molar-refractivity contribution in [3.05, 3.63) is 193 Å². The largest absolute Gasteiger partial charge is 0.455 e. The maximum Gasteiger partial charge on any atom is 0.143 e. The van der Waals surface area contributed by atoms with Crippen molar-refractivity contribution in [1.82, 2.24) is 0 Å². The van der Waals surface area contributed by atoms with Gasteiger partial charge in [-0.2, -0.15) is 0 Å². The second-order valence-corrected chi connectivity index (χ2v) is 15.9. The fourth-order valence-corrected chi connectivity index (χ4v) is 10.1. The number of rotatable bonds is 3. The molecule has 0 N–H and O–H groups in total. The minimum Gasteiger partial charge on any atom is -0.455 e. The average molecular weight is 713 g/mol. The number of hydrogen-bond acceptors (Lipinski definition) is 1.